The van der Waals surface area contributed by atoms with Gasteiger partial charge in [0, 0.05) is 38.3 Å². The van der Waals surface area contributed by atoms with Crippen molar-refractivity contribution in [1.82, 2.24) is 9.97 Å². The summed E-state index contributed by atoms with van der Waals surface area (Å²) in [5, 5.41) is 12.0. The van der Waals surface area contributed by atoms with E-state index in [4.69, 9.17) is 4.74 Å². The molecular weight excluding hydrogens is 330 g/mol. The number of aromatic nitrogens is 2. The Morgan fingerprint density at radius 3 is 2.54 bits per heavy atom. The molecule has 4 rings (SSSR count). The monoisotopic (exact) mass is 349 g/mol. The normalized spacial score (nSPS) is 16.4. The van der Waals surface area contributed by atoms with E-state index in [0.717, 1.165) is 16.6 Å². The minimum atomic E-state index is -1.22. The standard InChI is InChI=1S/C20H19N3O3/c24-19(25)20(7-11-23(12-8-20)18-14-21-9-10-22-18)26-17-6-5-15-3-1-2-4-16(15)13-17/h1-6,9-10,13-14H,7-8,11-12H2,(H,24,25). The summed E-state index contributed by atoms with van der Waals surface area (Å²) in [4.78, 5) is 22.4. The molecule has 132 valence electrons. The quantitative estimate of drug-likeness (QED) is 0.780. The second-order valence-corrected chi connectivity index (χ2v) is 6.46. The number of piperidine rings is 1. The van der Waals surface area contributed by atoms with Gasteiger partial charge in [-0.2, -0.15) is 0 Å². The van der Waals surface area contributed by atoms with Crippen LogP contribution in [0.3, 0.4) is 0 Å². The van der Waals surface area contributed by atoms with E-state index >= 15 is 0 Å². The van der Waals surface area contributed by atoms with Crippen LogP contribution in [0.1, 0.15) is 12.8 Å². The highest BCUT2D eigenvalue weighted by Crippen LogP contribution is 2.32. The number of aliphatic carboxylic acids is 1. The number of anilines is 1. The Balaban J connectivity index is 1.55. The van der Waals surface area contributed by atoms with Crippen LogP contribution in [0.4, 0.5) is 5.82 Å². The van der Waals surface area contributed by atoms with Gasteiger partial charge < -0.3 is 14.7 Å². The lowest BCUT2D eigenvalue weighted by molar-refractivity contribution is -0.157. The Morgan fingerprint density at radius 2 is 1.85 bits per heavy atom. The van der Waals surface area contributed by atoms with Gasteiger partial charge in [-0.15, -0.1) is 0 Å². The first kappa shape index (κ1) is 16.3. The zero-order valence-electron chi connectivity index (χ0n) is 14.2. The van der Waals surface area contributed by atoms with Crippen LogP contribution in [-0.2, 0) is 4.79 Å². The Hall–Kier alpha value is -3.15. The molecule has 1 saturated heterocycles. The van der Waals surface area contributed by atoms with E-state index in [-0.39, 0.29) is 0 Å². The number of nitrogens with zero attached hydrogens (tertiary/aromatic N) is 3. The summed E-state index contributed by atoms with van der Waals surface area (Å²) in [6.45, 7) is 1.11. The molecule has 1 aromatic heterocycles. The summed E-state index contributed by atoms with van der Waals surface area (Å²) in [5.41, 5.74) is -1.22. The van der Waals surface area contributed by atoms with E-state index in [1.165, 1.54) is 0 Å². The van der Waals surface area contributed by atoms with Gasteiger partial charge in [-0.05, 0) is 22.9 Å². The molecule has 26 heavy (non-hydrogen) atoms. The summed E-state index contributed by atoms with van der Waals surface area (Å²) < 4.78 is 6.03. The minimum Gasteiger partial charge on any atom is -0.478 e. The SMILES string of the molecule is O=C(O)C1(Oc2ccc3ccccc3c2)CCN(c2cnccn2)CC1. The predicted octanol–water partition coefficient (Wildman–Crippen LogP) is 3.13. The van der Waals surface area contributed by atoms with Crippen molar-refractivity contribution in [2.75, 3.05) is 18.0 Å². The molecular formula is C20H19N3O3. The van der Waals surface area contributed by atoms with Crippen LogP contribution >= 0.6 is 0 Å². The van der Waals surface area contributed by atoms with Crippen molar-refractivity contribution in [3.8, 4) is 5.75 Å². The zero-order chi connectivity index (χ0) is 18.0. The molecule has 0 radical (unpaired) electrons. The van der Waals surface area contributed by atoms with Crippen molar-refractivity contribution >= 4 is 22.6 Å². The highest BCUT2D eigenvalue weighted by Gasteiger charge is 2.44. The third-order valence-electron chi connectivity index (χ3n) is 4.87. The summed E-state index contributed by atoms with van der Waals surface area (Å²) in [5.74, 6) is 0.417. The first-order chi connectivity index (χ1) is 12.7. The molecule has 0 saturated carbocycles. The van der Waals surface area contributed by atoms with Gasteiger partial charge in [0.2, 0.25) is 5.60 Å². The van der Waals surface area contributed by atoms with E-state index in [0.29, 0.717) is 31.7 Å². The van der Waals surface area contributed by atoms with Crippen molar-refractivity contribution in [1.29, 1.82) is 0 Å². The highest BCUT2D eigenvalue weighted by atomic mass is 16.5. The maximum atomic E-state index is 12.0. The van der Waals surface area contributed by atoms with Crippen LogP contribution in [0, 0.1) is 0 Å². The molecule has 0 bridgehead atoms. The second-order valence-electron chi connectivity index (χ2n) is 6.46. The molecule has 0 amide bonds. The van der Waals surface area contributed by atoms with Gasteiger partial charge in [-0.25, -0.2) is 9.78 Å². The number of carboxylic acids is 1. The number of carbonyl (C=O) groups is 1. The largest absolute Gasteiger partial charge is 0.478 e. The Labute approximate surface area is 151 Å². The third kappa shape index (κ3) is 3.06. The van der Waals surface area contributed by atoms with Crippen LogP contribution in [0.2, 0.25) is 0 Å². The van der Waals surface area contributed by atoms with Crippen molar-refractivity contribution < 1.29 is 14.6 Å². The molecule has 1 fully saturated rings. The molecule has 2 aromatic carbocycles. The molecule has 2 heterocycles. The first-order valence-corrected chi connectivity index (χ1v) is 8.58. The fourth-order valence-corrected chi connectivity index (χ4v) is 3.37. The van der Waals surface area contributed by atoms with Gasteiger partial charge in [0.1, 0.15) is 11.6 Å². The maximum Gasteiger partial charge on any atom is 0.348 e. The summed E-state index contributed by atoms with van der Waals surface area (Å²) in [6.07, 6.45) is 5.72. The van der Waals surface area contributed by atoms with E-state index in [1.807, 2.05) is 47.4 Å². The summed E-state index contributed by atoms with van der Waals surface area (Å²) in [7, 11) is 0. The lowest BCUT2D eigenvalue weighted by Crippen LogP contribution is -2.53. The highest BCUT2D eigenvalue weighted by molar-refractivity contribution is 5.84. The van der Waals surface area contributed by atoms with Gasteiger partial charge in [0.05, 0.1) is 6.20 Å². The Bertz CT molecular complexity index is 922. The molecule has 6 heteroatoms. The van der Waals surface area contributed by atoms with Crippen LogP contribution in [0.25, 0.3) is 10.8 Å². The molecule has 0 spiro atoms. The lowest BCUT2D eigenvalue weighted by atomic mass is 9.91. The molecule has 0 aliphatic carbocycles. The molecule has 1 aliphatic heterocycles. The number of carboxylic acid groups (broad SMARTS) is 1. The third-order valence-corrected chi connectivity index (χ3v) is 4.87. The maximum absolute atomic E-state index is 12.0. The molecule has 1 aliphatic rings. The second kappa shape index (κ2) is 6.63. The summed E-state index contributed by atoms with van der Waals surface area (Å²) in [6, 6.07) is 13.6. The van der Waals surface area contributed by atoms with Gasteiger partial charge in [0.25, 0.3) is 0 Å². The van der Waals surface area contributed by atoms with E-state index in [2.05, 4.69) is 9.97 Å². The van der Waals surface area contributed by atoms with Crippen LogP contribution in [-0.4, -0.2) is 39.7 Å². The zero-order valence-corrected chi connectivity index (χ0v) is 14.2. The Kier molecular flexibility index (Phi) is 4.16. The van der Waals surface area contributed by atoms with E-state index in [1.54, 1.807) is 18.6 Å². The van der Waals surface area contributed by atoms with Crippen molar-refractivity contribution in [3.63, 3.8) is 0 Å². The van der Waals surface area contributed by atoms with Crippen molar-refractivity contribution in [2.24, 2.45) is 0 Å². The van der Waals surface area contributed by atoms with Crippen LogP contribution in [0.15, 0.2) is 61.1 Å². The smallest absolute Gasteiger partial charge is 0.348 e. The number of hydrogen-bond acceptors (Lipinski definition) is 5. The lowest BCUT2D eigenvalue weighted by Gasteiger charge is -2.39. The Morgan fingerprint density at radius 1 is 1.08 bits per heavy atom. The fourth-order valence-electron chi connectivity index (χ4n) is 3.37. The number of hydrogen-bond donors (Lipinski definition) is 1. The van der Waals surface area contributed by atoms with Gasteiger partial charge in [-0.3, -0.25) is 4.98 Å². The number of benzene rings is 2. The minimum absolute atomic E-state index is 0.381. The van der Waals surface area contributed by atoms with Gasteiger partial charge in [-0.1, -0.05) is 30.3 Å². The van der Waals surface area contributed by atoms with Crippen molar-refractivity contribution in [3.05, 3.63) is 61.1 Å². The average molecular weight is 349 g/mol. The topological polar surface area (TPSA) is 75.6 Å². The van der Waals surface area contributed by atoms with E-state index in [9.17, 15) is 9.90 Å². The van der Waals surface area contributed by atoms with Crippen LogP contribution < -0.4 is 9.64 Å². The predicted molar refractivity (Wildman–Crippen MR) is 98.4 cm³/mol. The van der Waals surface area contributed by atoms with E-state index < -0.39 is 11.6 Å². The number of ether oxygens (including phenoxy) is 1. The molecule has 0 atom stereocenters. The van der Waals surface area contributed by atoms with Crippen molar-refractivity contribution in [2.45, 2.75) is 18.4 Å². The molecule has 3 aromatic rings. The van der Waals surface area contributed by atoms with Gasteiger partial charge >= 0.3 is 5.97 Å². The first-order valence-electron chi connectivity index (χ1n) is 8.58. The number of fused-ring (bicyclic) bond motifs is 1. The molecule has 1 N–H and O–H groups in total. The van der Waals surface area contributed by atoms with Gasteiger partial charge in [0.15, 0.2) is 0 Å². The average Bonchev–Trinajstić information content (AvgIpc) is 2.69. The number of rotatable bonds is 4. The molecule has 6 nitrogen and oxygen atoms in total. The fraction of sp³-hybridized carbons (Fsp3) is 0.250. The molecule has 0 unspecified atom stereocenters. The summed E-state index contributed by atoms with van der Waals surface area (Å²) >= 11 is 0. The van der Waals surface area contributed by atoms with Crippen LogP contribution in [0.5, 0.6) is 5.75 Å².